The molecule has 0 saturated heterocycles. The summed E-state index contributed by atoms with van der Waals surface area (Å²) in [6, 6.07) is 9.45. The molecule has 1 aliphatic rings. The van der Waals surface area contributed by atoms with Gasteiger partial charge in [0.25, 0.3) is 10.1 Å². The van der Waals surface area contributed by atoms with Crippen molar-refractivity contribution in [2.75, 3.05) is 6.61 Å². The fourth-order valence-corrected chi connectivity index (χ4v) is 3.80. The summed E-state index contributed by atoms with van der Waals surface area (Å²) in [5.74, 6) is -0.312. The van der Waals surface area contributed by atoms with Crippen LogP contribution in [0.25, 0.3) is 0 Å². The first-order chi connectivity index (χ1) is 10.8. The Balaban J connectivity index is 1.68. The molecule has 1 atom stereocenters. The Hall–Kier alpha value is -1.44. The minimum Gasteiger partial charge on any atom is -0.484 e. The van der Waals surface area contributed by atoms with Crippen molar-refractivity contribution in [1.29, 1.82) is 0 Å². The van der Waals surface area contributed by atoms with Crippen LogP contribution in [-0.4, -0.2) is 21.1 Å². The molecule has 0 spiro atoms. The van der Waals surface area contributed by atoms with E-state index in [0.29, 0.717) is 16.5 Å². The van der Waals surface area contributed by atoms with Gasteiger partial charge in [-0.15, -0.1) is 0 Å². The van der Waals surface area contributed by atoms with Crippen molar-refractivity contribution in [3.63, 3.8) is 0 Å². The van der Waals surface area contributed by atoms with Crippen LogP contribution in [0.3, 0.4) is 0 Å². The summed E-state index contributed by atoms with van der Waals surface area (Å²) in [6.07, 6.45) is -0.135. The number of hydrogen-bond acceptors (Lipinski definition) is 4. The molecule has 0 amide bonds. The molecule has 2 aromatic rings. The molecule has 122 valence electrons. The van der Waals surface area contributed by atoms with E-state index in [0.717, 1.165) is 5.56 Å². The first-order valence-electron chi connectivity index (χ1n) is 6.96. The first-order valence-corrected chi connectivity index (χ1v) is 9.16. The van der Waals surface area contributed by atoms with Crippen molar-refractivity contribution < 1.29 is 21.7 Å². The maximum absolute atomic E-state index is 13.8. The lowest BCUT2D eigenvalue weighted by Gasteiger charge is -2.11. The summed E-state index contributed by atoms with van der Waals surface area (Å²) in [7, 11) is -3.85. The number of aryl methyl sites for hydroxylation is 1. The fraction of sp³-hybridized carbons (Fsp3) is 0.250. The molecule has 4 nitrogen and oxygen atoms in total. The van der Waals surface area contributed by atoms with Crippen molar-refractivity contribution in [1.82, 2.24) is 0 Å². The molecule has 1 aliphatic heterocycles. The van der Waals surface area contributed by atoms with Gasteiger partial charge in [0.2, 0.25) is 0 Å². The highest BCUT2D eigenvalue weighted by molar-refractivity contribution is 9.10. The Morgan fingerprint density at radius 3 is 2.70 bits per heavy atom. The lowest BCUT2D eigenvalue weighted by atomic mass is 10.1. The molecular formula is C16H14BrFO4S. The van der Waals surface area contributed by atoms with Gasteiger partial charge in [-0.2, -0.15) is 8.42 Å². The molecule has 0 radical (unpaired) electrons. The van der Waals surface area contributed by atoms with Crippen LogP contribution in [0.1, 0.15) is 11.1 Å². The first kappa shape index (κ1) is 16.4. The van der Waals surface area contributed by atoms with Gasteiger partial charge in [-0.1, -0.05) is 33.6 Å². The van der Waals surface area contributed by atoms with E-state index in [2.05, 4.69) is 15.9 Å². The van der Waals surface area contributed by atoms with E-state index < -0.39 is 22.0 Å². The summed E-state index contributed by atoms with van der Waals surface area (Å²) in [6.45, 7) is 1.70. The van der Waals surface area contributed by atoms with Gasteiger partial charge in [0.05, 0.1) is 4.90 Å². The predicted octanol–water partition coefficient (Wildman–Crippen LogP) is 3.61. The van der Waals surface area contributed by atoms with Gasteiger partial charge in [-0.05, 0) is 31.2 Å². The Labute approximate surface area is 142 Å². The van der Waals surface area contributed by atoms with Crippen LogP contribution in [0.4, 0.5) is 4.39 Å². The van der Waals surface area contributed by atoms with Crippen molar-refractivity contribution >= 4 is 26.0 Å². The van der Waals surface area contributed by atoms with Gasteiger partial charge in [-0.25, -0.2) is 4.39 Å². The lowest BCUT2D eigenvalue weighted by Crippen LogP contribution is -2.23. The van der Waals surface area contributed by atoms with Gasteiger partial charge >= 0.3 is 0 Å². The zero-order chi connectivity index (χ0) is 16.6. The third-order valence-corrected chi connectivity index (χ3v) is 5.29. The highest BCUT2D eigenvalue weighted by Crippen LogP contribution is 2.34. The quantitative estimate of drug-likeness (QED) is 0.735. The van der Waals surface area contributed by atoms with E-state index in [-0.39, 0.29) is 17.3 Å². The van der Waals surface area contributed by atoms with E-state index in [1.807, 2.05) is 6.92 Å². The number of fused-ring (bicyclic) bond motifs is 1. The second kappa shape index (κ2) is 6.22. The van der Waals surface area contributed by atoms with E-state index in [1.54, 1.807) is 18.2 Å². The van der Waals surface area contributed by atoms with Gasteiger partial charge < -0.3 is 4.74 Å². The summed E-state index contributed by atoms with van der Waals surface area (Å²) >= 11 is 3.22. The van der Waals surface area contributed by atoms with Crippen LogP contribution in [0.2, 0.25) is 0 Å². The molecule has 7 heteroatoms. The molecule has 0 saturated carbocycles. The second-order valence-electron chi connectivity index (χ2n) is 5.37. The minimum absolute atomic E-state index is 0.0903. The zero-order valence-electron chi connectivity index (χ0n) is 12.3. The Bertz CT molecular complexity index is 834. The van der Waals surface area contributed by atoms with Crippen LogP contribution in [0.5, 0.6) is 5.75 Å². The number of halogens is 2. The molecule has 0 bridgehead atoms. The number of ether oxygens (including phenoxy) is 1. The molecule has 0 aromatic heterocycles. The average Bonchev–Trinajstić information content (AvgIpc) is 2.89. The van der Waals surface area contributed by atoms with Crippen molar-refractivity contribution in [2.45, 2.75) is 24.3 Å². The summed E-state index contributed by atoms with van der Waals surface area (Å²) in [4.78, 5) is 0.0903. The van der Waals surface area contributed by atoms with Crippen LogP contribution < -0.4 is 4.74 Å². The van der Waals surface area contributed by atoms with E-state index in [1.165, 1.54) is 18.2 Å². The van der Waals surface area contributed by atoms with E-state index in [9.17, 15) is 12.8 Å². The van der Waals surface area contributed by atoms with Gasteiger partial charge in [0, 0.05) is 16.5 Å². The Morgan fingerprint density at radius 2 is 2.00 bits per heavy atom. The van der Waals surface area contributed by atoms with Gasteiger partial charge in [0.1, 0.15) is 12.7 Å². The zero-order valence-corrected chi connectivity index (χ0v) is 14.7. The summed E-state index contributed by atoms with van der Waals surface area (Å²) in [5.41, 5.74) is 1.65. The predicted molar refractivity (Wildman–Crippen MR) is 86.5 cm³/mol. The minimum atomic E-state index is -3.85. The van der Waals surface area contributed by atoms with Gasteiger partial charge in [-0.3, -0.25) is 4.18 Å². The molecule has 0 fully saturated rings. The number of benzene rings is 2. The molecule has 2 aromatic carbocycles. The van der Waals surface area contributed by atoms with Crippen molar-refractivity contribution in [3.8, 4) is 5.75 Å². The average molecular weight is 401 g/mol. The molecular weight excluding hydrogens is 387 g/mol. The van der Waals surface area contributed by atoms with E-state index in [4.69, 9.17) is 8.92 Å². The molecule has 1 unspecified atom stereocenters. The van der Waals surface area contributed by atoms with E-state index >= 15 is 0 Å². The maximum Gasteiger partial charge on any atom is 0.297 e. The SMILES string of the molecule is Cc1ccc(S(=O)(=O)OCC2Cc3cc(Br)cc(F)c3O2)cc1. The number of rotatable bonds is 4. The maximum atomic E-state index is 13.8. The number of hydrogen-bond donors (Lipinski definition) is 0. The Morgan fingerprint density at radius 1 is 1.30 bits per heavy atom. The Kier molecular flexibility index (Phi) is 4.44. The summed E-state index contributed by atoms with van der Waals surface area (Å²) < 4.78 is 49.2. The second-order valence-corrected chi connectivity index (χ2v) is 7.90. The van der Waals surface area contributed by atoms with Gasteiger partial charge in [0.15, 0.2) is 11.6 Å². The smallest absolute Gasteiger partial charge is 0.297 e. The molecule has 0 aliphatic carbocycles. The monoisotopic (exact) mass is 400 g/mol. The standard InChI is InChI=1S/C16H14BrFO4S/c1-10-2-4-14(5-3-10)23(19,20)21-9-13-7-11-6-12(17)8-15(18)16(11)22-13/h2-6,8,13H,7,9H2,1H3. The molecule has 1 heterocycles. The van der Waals surface area contributed by atoms with Crippen LogP contribution in [-0.2, 0) is 20.7 Å². The third kappa shape index (κ3) is 3.57. The van der Waals surface area contributed by atoms with Crippen molar-refractivity contribution in [2.24, 2.45) is 0 Å². The topological polar surface area (TPSA) is 52.6 Å². The molecule has 0 N–H and O–H groups in total. The van der Waals surface area contributed by atoms with Crippen molar-refractivity contribution in [3.05, 3.63) is 57.8 Å². The largest absolute Gasteiger partial charge is 0.484 e. The van der Waals surface area contributed by atoms with Crippen LogP contribution in [0.15, 0.2) is 45.8 Å². The fourth-order valence-electron chi connectivity index (χ4n) is 2.38. The normalized spacial score (nSPS) is 16.9. The highest BCUT2D eigenvalue weighted by atomic mass is 79.9. The van der Waals surface area contributed by atoms with Crippen LogP contribution >= 0.6 is 15.9 Å². The molecule has 3 rings (SSSR count). The third-order valence-electron chi connectivity index (χ3n) is 3.54. The lowest BCUT2D eigenvalue weighted by molar-refractivity contribution is 0.148. The van der Waals surface area contributed by atoms with Crippen LogP contribution in [0, 0.1) is 12.7 Å². The summed E-state index contributed by atoms with van der Waals surface area (Å²) in [5, 5.41) is 0. The highest BCUT2D eigenvalue weighted by Gasteiger charge is 2.28. The molecule has 23 heavy (non-hydrogen) atoms.